The third kappa shape index (κ3) is 6.86. The van der Waals surface area contributed by atoms with Crippen LogP contribution < -0.4 is 9.47 Å². The van der Waals surface area contributed by atoms with E-state index in [0.717, 1.165) is 17.9 Å². The Hall–Kier alpha value is -2.78. The monoisotopic (exact) mass is 420 g/mol. The van der Waals surface area contributed by atoms with E-state index in [1.807, 2.05) is 12.1 Å². The van der Waals surface area contributed by atoms with Crippen molar-refractivity contribution in [1.82, 2.24) is 0 Å². The molecule has 1 unspecified atom stereocenters. The Morgan fingerprint density at radius 1 is 0.742 bits per heavy atom. The van der Waals surface area contributed by atoms with Gasteiger partial charge in [0.1, 0.15) is 11.5 Å². The number of ether oxygens (including phenoxy) is 3. The average Bonchev–Trinajstić information content (AvgIpc) is 2.80. The minimum absolute atomic E-state index is 0.511. The molecule has 0 aliphatic carbocycles. The van der Waals surface area contributed by atoms with Crippen LogP contribution in [0.2, 0.25) is 0 Å². The molecule has 0 amide bonds. The summed E-state index contributed by atoms with van der Waals surface area (Å²) in [7, 11) is 5.12. The third-order valence-electron chi connectivity index (χ3n) is 5.57. The smallest absolute Gasteiger partial charge is 0.119 e. The number of methoxy groups -OCH3 is 3. The van der Waals surface area contributed by atoms with Crippen molar-refractivity contribution in [2.24, 2.45) is 0 Å². The van der Waals surface area contributed by atoms with Crippen molar-refractivity contribution in [3.8, 4) is 22.6 Å². The maximum atomic E-state index is 5.41. The minimum Gasteiger partial charge on any atom is -0.497 e. The van der Waals surface area contributed by atoms with Crippen LogP contribution in [0.3, 0.4) is 0 Å². The first-order valence-corrected chi connectivity index (χ1v) is 10.8. The van der Waals surface area contributed by atoms with Crippen LogP contribution >= 0.6 is 0 Å². The second-order valence-electron chi connectivity index (χ2n) is 7.86. The van der Waals surface area contributed by atoms with E-state index in [0.29, 0.717) is 12.5 Å². The zero-order valence-corrected chi connectivity index (χ0v) is 20.0. The fourth-order valence-electron chi connectivity index (χ4n) is 3.41. The van der Waals surface area contributed by atoms with E-state index in [9.17, 15) is 0 Å². The molecule has 0 aliphatic heterocycles. The van der Waals surface area contributed by atoms with E-state index in [-0.39, 0.29) is 0 Å². The van der Waals surface area contributed by atoms with Crippen LogP contribution in [-0.4, -0.2) is 21.3 Å². The van der Waals surface area contributed by atoms with Crippen molar-refractivity contribution in [1.29, 1.82) is 0 Å². The SMILES string of the molecule is CCC(C)c1ccc(OC)cc1-c1cc(OC)ccc1C.COCc1ccc(C)cc1. The van der Waals surface area contributed by atoms with Gasteiger partial charge in [-0.15, -0.1) is 0 Å². The molecule has 0 bridgehead atoms. The average molecular weight is 421 g/mol. The lowest BCUT2D eigenvalue weighted by atomic mass is 9.88. The molecule has 31 heavy (non-hydrogen) atoms. The number of hydrogen-bond donors (Lipinski definition) is 0. The van der Waals surface area contributed by atoms with E-state index in [2.05, 4.69) is 76.2 Å². The third-order valence-corrected chi connectivity index (χ3v) is 5.57. The lowest BCUT2D eigenvalue weighted by molar-refractivity contribution is 0.185. The molecule has 0 N–H and O–H groups in total. The predicted octanol–water partition coefficient (Wildman–Crippen LogP) is 7.33. The summed E-state index contributed by atoms with van der Waals surface area (Å²) in [5.74, 6) is 2.28. The molecule has 0 saturated carbocycles. The standard InChI is InChI=1S/C19H24O2.C9H12O/c1-6-13(2)17-10-9-16(21-5)12-19(17)18-11-15(20-4)8-7-14(18)3;1-8-3-5-9(6-4-8)7-10-2/h7-13H,6H2,1-5H3;3-6H,7H2,1-2H3. The molecule has 3 aromatic carbocycles. The van der Waals surface area contributed by atoms with E-state index in [1.165, 1.54) is 33.4 Å². The van der Waals surface area contributed by atoms with Gasteiger partial charge in [0.25, 0.3) is 0 Å². The van der Waals surface area contributed by atoms with Crippen LogP contribution in [0.4, 0.5) is 0 Å². The zero-order valence-electron chi connectivity index (χ0n) is 20.0. The molecule has 3 rings (SSSR count). The Balaban J connectivity index is 0.000000285. The molecule has 1 atom stereocenters. The molecular weight excluding hydrogens is 384 g/mol. The van der Waals surface area contributed by atoms with Crippen LogP contribution in [0.25, 0.3) is 11.1 Å². The molecule has 3 nitrogen and oxygen atoms in total. The minimum atomic E-state index is 0.511. The summed E-state index contributed by atoms with van der Waals surface area (Å²) in [5.41, 5.74) is 7.57. The molecule has 0 fully saturated rings. The fourth-order valence-corrected chi connectivity index (χ4v) is 3.41. The van der Waals surface area contributed by atoms with Crippen molar-refractivity contribution >= 4 is 0 Å². The van der Waals surface area contributed by atoms with Gasteiger partial charge in [0, 0.05) is 7.11 Å². The van der Waals surface area contributed by atoms with Gasteiger partial charge >= 0.3 is 0 Å². The molecule has 166 valence electrons. The second-order valence-corrected chi connectivity index (χ2v) is 7.86. The van der Waals surface area contributed by atoms with E-state index < -0.39 is 0 Å². The highest BCUT2D eigenvalue weighted by Crippen LogP contribution is 2.37. The van der Waals surface area contributed by atoms with Crippen LogP contribution in [0, 0.1) is 13.8 Å². The molecule has 0 spiro atoms. The Morgan fingerprint density at radius 3 is 1.87 bits per heavy atom. The van der Waals surface area contributed by atoms with Gasteiger partial charge in [-0.05, 0) is 78.3 Å². The first kappa shape index (κ1) is 24.5. The second kappa shape index (κ2) is 12.2. The highest BCUT2D eigenvalue weighted by Gasteiger charge is 2.14. The van der Waals surface area contributed by atoms with Crippen LogP contribution in [0.15, 0.2) is 60.7 Å². The van der Waals surface area contributed by atoms with Gasteiger partial charge in [0.2, 0.25) is 0 Å². The van der Waals surface area contributed by atoms with Gasteiger partial charge in [-0.25, -0.2) is 0 Å². The molecule has 0 heterocycles. The van der Waals surface area contributed by atoms with Crippen molar-refractivity contribution < 1.29 is 14.2 Å². The molecule has 0 aromatic heterocycles. The molecule has 0 aliphatic rings. The summed E-state index contributed by atoms with van der Waals surface area (Å²) in [4.78, 5) is 0. The summed E-state index contributed by atoms with van der Waals surface area (Å²) in [5, 5.41) is 0. The number of hydrogen-bond acceptors (Lipinski definition) is 3. The Kier molecular flexibility index (Phi) is 9.61. The summed E-state index contributed by atoms with van der Waals surface area (Å²) >= 11 is 0. The van der Waals surface area contributed by atoms with Gasteiger partial charge in [0.15, 0.2) is 0 Å². The first-order chi connectivity index (χ1) is 14.9. The van der Waals surface area contributed by atoms with Gasteiger partial charge in [-0.3, -0.25) is 0 Å². The maximum absolute atomic E-state index is 5.41. The number of rotatable bonds is 7. The summed E-state index contributed by atoms with van der Waals surface area (Å²) < 4.78 is 15.8. The topological polar surface area (TPSA) is 27.7 Å². The van der Waals surface area contributed by atoms with E-state index >= 15 is 0 Å². The van der Waals surface area contributed by atoms with Gasteiger partial charge < -0.3 is 14.2 Å². The fraction of sp³-hybridized carbons (Fsp3) is 0.357. The van der Waals surface area contributed by atoms with E-state index in [1.54, 1.807) is 21.3 Å². The maximum Gasteiger partial charge on any atom is 0.119 e. The molecular formula is C28H36O3. The van der Waals surface area contributed by atoms with Crippen LogP contribution in [0.5, 0.6) is 11.5 Å². The highest BCUT2D eigenvalue weighted by molar-refractivity contribution is 5.74. The van der Waals surface area contributed by atoms with Crippen LogP contribution in [-0.2, 0) is 11.3 Å². The lowest BCUT2D eigenvalue weighted by Gasteiger charge is -2.18. The zero-order chi connectivity index (χ0) is 22.8. The normalized spacial score (nSPS) is 11.3. The summed E-state index contributed by atoms with van der Waals surface area (Å²) in [6.45, 7) is 9.41. The van der Waals surface area contributed by atoms with Gasteiger partial charge in [0.05, 0.1) is 20.8 Å². The van der Waals surface area contributed by atoms with Crippen molar-refractivity contribution in [3.63, 3.8) is 0 Å². The van der Waals surface area contributed by atoms with Crippen LogP contribution in [0.1, 0.15) is 48.4 Å². The molecule has 0 saturated heterocycles. The van der Waals surface area contributed by atoms with Gasteiger partial charge in [-0.1, -0.05) is 55.8 Å². The quantitative estimate of drug-likeness (QED) is 0.400. The predicted molar refractivity (Wildman–Crippen MR) is 130 cm³/mol. The molecule has 0 radical (unpaired) electrons. The summed E-state index contributed by atoms with van der Waals surface area (Å²) in [6.07, 6.45) is 1.11. The van der Waals surface area contributed by atoms with Crippen molar-refractivity contribution in [3.05, 3.63) is 82.9 Å². The van der Waals surface area contributed by atoms with Gasteiger partial charge in [-0.2, -0.15) is 0 Å². The highest BCUT2D eigenvalue weighted by atomic mass is 16.5. The first-order valence-electron chi connectivity index (χ1n) is 10.8. The number of aryl methyl sites for hydroxylation is 2. The Morgan fingerprint density at radius 2 is 1.32 bits per heavy atom. The molecule has 3 aromatic rings. The van der Waals surface area contributed by atoms with Crippen molar-refractivity contribution in [2.45, 2.75) is 46.6 Å². The van der Waals surface area contributed by atoms with E-state index in [4.69, 9.17) is 14.2 Å². The number of benzene rings is 3. The summed E-state index contributed by atoms with van der Waals surface area (Å²) in [6, 6.07) is 20.9. The lowest BCUT2D eigenvalue weighted by Crippen LogP contribution is -1.98. The largest absolute Gasteiger partial charge is 0.497 e. The molecule has 3 heteroatoms. The Labute approximate surface area is 188 Å². The Bertz CT molecular complexity index is 945. The van der Waals surface area contributed by atoms with Crippen molar-refractivity contribution in [2.75, 3.05) is 21.3 Å².